The molecule has 2 aliphatic heterocycles. The van der Waals surface area contributed by atoms with Crippen molar-refractivity contribution >= 4 is 38.6 Å². The van der Waals surface area contributed by atoms with Crippen LogP contribution in [-0.4, -0.2) is 49.4 Å². The molecule has 3 aliphatic rings. The van der Waals surface area contributed by atoms with Gasteiger partial charge in [-0.1, -0.05) is 107 Å². The van der Waals surface area contributed by atoms with E-state index in [1.807, 2.05) is 0 Å². The highest BCUT2D eigenvalue weighted by Crippen LogP contribution is 2.51. The summed E-state index contributed by atoms with van der Waals surface area (Å²) in [5.41, 5.74) is 11.1. The van der Waals surface area contributed by atoms with Crippen molar-refractivity contribution in [2.75, 3.05) is 39.1 Å². The van der Waals surface area contributed by atoms with Crippen molar-refractivity contribution in [2.24, 2.45) is 11.3 Å². The van der Waals surface area contributed by atoms with Crippen molar-refractivity contribution in [3.05, 3.63) is 131 Å². The number of likely N-dealkylation sites (N-methyl/N-ethyl adjacent to an activating group) is 1. The average Bonchev–Trinajstić information content (AvgIpc) is 3.42. The van der Waals surface area contributed by atoms with E-state index in [9.17, 15) is 0 Å². The number of rotatable bonds is 6. The predicted molar refractivity (Wildman–Crippen MR) is 216 cm³/mol. The predicted octanol–water partition coefficient (Wildman–Crippen LogP) is 11.1. The molecule has 0 N–H and O–H groups in total. The van der Waals surface area contributed by atoms with Crippen LogP contribution < -0.4 is 4.90 Å². The van der Waals surface area contributed by atoms with Crippen LogP contribution in [0, 0.1) is 11.3 Å². The molecule has 7 rings (SSSR count). The van der Waals surface area contributed by atoms with Gasteiger partial charge in [0.05, 0.1) is 5.41 Å². The van der Waals surface area contributed by atoms with Gasteiger partial charge >= 0.3 is 0 Å². The maximum atomic E-state index is 2.59. The molecule has 4 aromatic rings. The first kappa shape index (κ1) is 34.2. The lowest BCUT2D eigenvalue weighted by Crippen LogP contribution is -2.32. The van der Waals surface area contributed by atoms with Crippen LogP contribution in [0.3, 0.4) is 0 Å². The van der Waals surface area contributed by atoms with Crippen LogP contribution in [0.15, 0.2) is 120 Å². The summed E-state index contributed by atoms with van der Waals surface area (Å²) in [5, 5.41) is 5.35. The van der Waals surface area contributed by atoms with E-state index >= 15 is 0 Å². The quantitative estimate of drug-likeness (QED) is 0.190. The molecule has 0 fully saturated rings. The second kappa shape index (κ2) is 12.5. The molecule has 50 heavy (non-hydrogen) atoms. The third-order valence-corrected chi connectivity index (χ3v) is 11.9. The molecule has 1 atom stereocenters. The van der Waals surface area contributed by atoms with Gasteiger partial charge in [0.1, 0.15) is 7.05 Å². The summed E-state index contributed by atoms with van der Waals surface area (Å²) in [6.45, 7) is 18.8. The zero-order valence-corrected chi connectivity index (χ0v) is 32.1. The second-order valence-corrected chi connectivity index (χ2v) is 17.3. The molecule has 0 spiro atoms. The van der Waals surface area contributed by atoms with E-state index < -0.39 is 0 Å². The lowest BCUT2D eigenvalue weighted by molar-refractivity contribution is -0.401. The van der Waals surface area contributed by atoms with E-state index in [-0.39, 0.29) is 16.2 Å². The number of hydrogen-bond donors (Lipinski definition) is 0. The fourth-order valence-electron chi connectivity index (χ4n) is 8.98. The Kier molecular flexibility index (Phi) is 8.58. The average molecular weight is 663 g/mol. The van der Waals surface area contributed by atoms with E-state index in [1.165, 1.54) is 66.6 Å². The maximum absolute atomic E-state index is 2.59. The largest absolute Gasteiger partial charge is 0.343 e. The molecule has 258 valence electrons. The Hall–Kier alpha value is -4.21. The van der Waals surface area contributed by atoms with Crippen LogP contribution in [0.2, 0.25) is 0 Å². The van der Waals surface area contributed by atoms with Crippen LogP contribution in [-0.2, 0) is 10.8 Å². The molecule has 0 saturated carbocycles. The fraction of sp³-hybridized carbons (Fsp3) is 0.383. The van der Waals surface area contributed by atoms with Crippen molar-refractivity contribution in [1.82, 2.24) is 4.90 Å². The first-order valence-electron chi connectivity index (χ1n) is 18.6. The highest BCUT2D eigenvalue weighted by molar-refractivity contribution is 6.07. The van der Waals surface area contributed by atoms with E-state index in [1.54, 1.807) is 0 Å². The molecule has 3 nitrogen and oxygen atoms in total. The number of anilines is 1. The van der Waals surface area contributed by atoms with Gasteiger partial charge < -0.3 is 9.80 Å². The van der Waals surface area contributed by atoms with Crippen LogP contribution in [0.4, 0.5) is 11.4 Å². The highest BCUT2D eigenvalue weighted by Gasteiger charge is 2.44. The molecule has 0 saturated heterocycles. The third kappa shape index (κ3) is 5.88. The molecular formula is C47H56N3+. The van der Waals surface area contributed by atoms with Crippen LogP contribution in [0.25, 0.3) is 21.5 Å². The zero-order chi connectivity index (χ0) is 35.6. The summed E-state index contributed by atoms with van der Waals surface area (Å²) in [7, 11) is 6.58. The first-order valence-corrected chi connectivity index (χ1v) is 18.6. The summed E-state index contributed by atoms with van der Waals surface area (Å²) < 4.78 is 2.41. The summed E-state index contributed by atoms with van der Waals surface area (Å²) in [5.74, 6) is 0.569. The number of fused-ring (bicyclic) bond motifs is 6. The van der Waals surface area contributed by atoms with Crippen molar-refractivity contribution in [3.8, 4) is 0 Å². The third-order valence-electron chi connectivity index (χ3n) is 11.9. The number of hydrogen-bond acceptors (Lipinski definition) is 2. The Morgan fingerprint density at radius 1 is 0.780 bits per heavy atom. The van der Waals surface area contributed by atoms with Crippen LogP contribution >= 0.6 is 0 Å². The minimum Gasteiger partial charge on any atom is -0.343 e. The lowest BCUT2D eigenvalue weighted by atomic mass is 9.70. The standard InChI is InChI=1S/C47H56N3/c1-45(2,3)36-30-32(19-25-41-46(4,5)43-37-17-13-11-15-34(37)21-23-39(43)49(41)10)29-33(31-36)20-26-42-47(6,7)44-38-18-14-12-16-35(38)22-24-40(44)50(42)28-27-48(8)9/h11-26,29,36H,27-28,30-31H2,1-10H3/q+1. The Balaban J connectivity index is 1.27. The Bertz CT molecular complexity index is 2140. The fourth-order valence-corrected chi connectivity index (χ4v) is 8.98. The monoisotopic (exact) mass is 662 g/mol. The molecule has 4 aromatic carbocycles. The van der Waals surface area contributed by atoms with Crippen molar-refractivity contribution in [3.63, 3.8) is 0 Å². The molecule has 3 heteroatoms. The zero-order valence-electron chi connectivity index (χ0n) is 32.1. The van der Waals surface area contributed by atoms with Crippen molar-refractivity contribution < 1.29 is 4.58 Å². The summed E-state index contributed by atoms with van der Waals surface area (Å²) in [6, 6.07) is 26.9. The Morgan fingerprint density at radius 3 is 2.08 bits per heavy atom. The number of benzene rings is 4. The molecule has 0 bridgehead atoms. The minimum atomic E-state index is -0.113. The molecule has 0 aromatic heterocycles. The SMILES string of the molecule is CN(C)CCN1/C(=C\C=C2C=C(/C=C/C3=[N+](C)c4ccc5ccccc5c4C3(C)C)CC(C(C)(C)C)C\2)C(C)(C)c2c1ccc1ccccc21. The van der Waals surface area contributed by atoms with Gasteiger partial charge in [0.2, 0.25) is 5.69 Å². The highest BCUT2D eigenvalue weighted by atomic mass is 15.2. The smallest absolute Gasteiger partial charge is 0.210 e. The van der Waals surface area contributed by atoms with Gasteiger partial charge in [-0.3, -0.25) is 0 Å². The van der Waals surface area contributed by atoms with E-state index in [4.69, 9.17) is 0 Å². The van der Waals surface area contributed by atoms with E-state index in [0.717, 1.165) is 25.9 Å². The minimum absolute atomic E-state index is 0.0908. The van der Waals surface area contributed by atoms with Gasteiger partial charge in [-0.2, -0.15) is 4.58 Å². The van der Waals surface area contributed by atoms with Gasteiger partial charge in [0, 0.05) is 47.6 Å². The van der Waals surface area contributed by atoms with E-state index in [2.05, 4.69) is 187 Å². The normalized spacial score (nSPS) is 21.7. The summed E-state index contributed by atoms with van der Waals surface area (Å²) in [4.78, 5) is 4.88. The molecule has 1 aliphatic carbocycles. The molecular weight excluding hydrogens is 607 g/mol. The first-order chi connectivity index (χ1) is 23.7. The van der Waals surface area contributed by atoms with Gasteiger partial charge in [0.25, 0.3) is 0 Å². The summed E-state index contributed by atoms with van der Waals surface area (Å²) >= 11 is 0. The van der Waals surface area contributed by atoms with Crippen molar-refractivity contribution in [2.45, 2.75) is 72.1 Å². The van der Waals surface area contributed by atoms with Crippen LogP contribution in [0.5, 0.6) is 0 Å². The topological polar surface area (TPSA) is 9.49 Å². The van der Waals surface area contributed by atoms with Gasteiger partial charge in [-0.25, -0.2) is 0 Å². The van der Waals surface area contributed by atoms with Gasteiger partial charge in [-0.05, 0) is 109 Å². The second-order valence-electron chi connectivity index (χ2n) is 17.3. The summed E-state index contributed by atoms with van der Waals surface area (Å²) in [6.07, 6.45) is 14.4. The van der Waals surface area contributed by atoms with Crippen LogP contribution in [0.1, 0.15) is 72.4 Å². The molecule has 0 radical (unpaired) electrons. The lowest BCUT2D eigenvalue weighted by Gasteiger charge is -2.34. The number of allylic oxidation sites excluding steroid dienone is 8. The molecule has 0 amide bonds. The Morgan fingerprint density at radius 2 is 1.42 bits per heavy atom. The number of nitrogens with zero attached hydrogens (tertiary/aromatic N) is 3. The van der Waals surface area contributed by atoms with Crippen molar-refractivity contribution in [1.29, 1.82) is 0 Å². The van der Waals surface area contributed by atoms with E-state index in [0.29, 0.717) is 5.92 Å². The Labute approximate surface area is 301 Å². The molecule has 1 unspecified atom stereocenters. The van der Waals surface area contributed by atoms with Gasteiger partial charge in [-0.15, -0.1) is 0 Å². The molecule has 2 heterocycles. The maximum Gasteiger partial charge on any atom is 0.210 e. The van der Waals surface area contributed by atoms with Gasteiger partial charge in [0.15, 0.2) is 5.71 Å².